The minimum Gasteiger partial charge on any atom is -0.497 e. The van der Waals surface area contributed by atoms with E-state index in [1.165, 1.54) is 0 Å². The number of ether oxygens (including phenoxy) is 2. The van der Waals surface area contributed by atoms with Crippen LogP contribution in [0.3, 0.4) is 0 Å². The van der Waals surface area contributed by atoms with Gasteiger partial charge in [-0.2, -0.15) is 9.97 Å². The van der Waals surface area contributed by atoms with E-state index in [0.717, 1.165) is 12.8 Å². The summed E-state index contributed by atoms with van der Waals surface area (Å²) in [6.07, 6.45) is 1.88. The molecule has 2 heterocycles. The molecule has 0 amide bonds. The molecule has 0 radical (unpaired) electrons. The normalized spacial score (nSPS) is 16.3. The second kappa shape index (κ2) is 7.83. The Hall–Kier alpha value is -3.14. The van der Waals surface area contributed by atoms with E-state index in [2.05, 4.69) is 20.6 Å². The van der Waals surface area contributed by atoms with Gasteiger partial charge in [0.15, 0.2) is 0 Å². The number of methoxy groups -OCH3 is 1. The van der Waals surface area contributed by atoms with Crippen molar-refractivity contribution in [1.29, 1.82) is 0 Å². The molecule has 0 aliphatic carbocycles. The second-order valence-corrected chi connectivity index (χ2v) is 5.76. The summed E-state index contributed by atoms with van der Waals surface area (Å²) >= 11 is 0. The van der Waals surface area contributed by atoms with Crippen LogP contribution in [-0.4, -0.2) is 41.3 Å². The van der Waals surface area contributed by atoms with Gasteiger partial charge in [0.2, 0.25) is 17.6 Å². The van der Waals surface area contributed by atoms with Crippen LogP contribution in [0.4, 0.5) is 29.0 Å². The first-order valence-electron chi connectivity index (χ1n) is 8.15. The molecule has 4 N–H and O–H groups in total. The lowest BCUT2D eigenvalue weighted by Crippen LogP contribution is -2.20. The molecule has 1 aliphatic heterocycles. The topological polar surface area (TPSA) is 137 Å². The lowest BCUT2D eigenvalue weighted by Gasteiger charge is -2.13. The molecule has 3 rings (SSSR count). The zero-order chi connectivity index (χ0) is 18.5. The van der Waals surface area contributed by atoms with Crippen LogP contribution < -0.4 is 21.1 Å². The molecule has 138 valence electrons. The number of nitrogen functional groups attached to an aromatic ring is 1. The Morgan fingerprint density at radius 2 is 2.15 bits per heavy atom. The van der Waals surface area contributed by atoms with Crippen LogP contribution in [0, 0.1) is 10.1 Å². The molecule has 1 aliphatic rings. The summed E-state index contributed by atoms with van der Waals surface area (Å²) in [7, 11) is 1.58. The molecule has 0 spiro atoms. The Labute approximate surface area is 149 Å². The van der Waals surface area contributed by atoms with Crippen LogP contribution in [0.25, 0.3) is 0 Å². The van der Waals surface area contributed by atoms with Crippen LogP contribution in [-0.2, 0) is 4.74 Å². The van der Waals surface area contributed by atoms with E-state index in [0.29, 0.717) is 24.6 Å². The Kier molecular flexibility index (Phi) is 5.32. The number of hydrogen-bond acceptors (Lipinski definition) is 9. The van der Waals surface area contributed by atoms with Crippen molar-refractivity contribution < 1.29 is 14.4 Å². The van der Waals surface area contributed by atoms with Gasteiger partial charge in [-0.3, -0.25) is 10.1 Å². The fraction of sp³-hybridized carbons (Fsp3) is 0.375. The maximum absolute atomic E-state index is 11.3. The first kappa shape index (κ1) is 17.7. The van der Waals surface area contributed by atoms with Crippen LogP contribution in [0.1, 0.15) is 12.8 Å². The van der Waals surface area contributed by atoms with Crippen LogP contribution in [0.5, 0.6) is 5.75 Å². The third-order valence-corrected chi connectivity index (χ3v) is 3.96. The van der Waals surface area contributed by atoms with Crippen molar-refractivity contribution in [3.8, 4) is 5.75 Å². The van der Waals surface area contributed by atoms with E-state index in [1.807, 2.05) is 0 Å². The number of benzene rings is 1. The summed E-state index contributed by atoms with van der Waals surface area (Å²) < 4.78 is 10.6. The molecule has 1 saturated heterocycles. The van der Waals surface area contributed by atoms with Gasteiger partial charge in [-0.25, -0.2) is 0 Å². The highest BCUT2D eigenvalue weighted by Crippen LogP contribution is 2.30. The van der Waals surface area contributed by atoms with Crippen molar-refractivity contribution in [1.82, 2.24) is 9.97 Å². The Morgan fingerprint density at radius 1 is 1.38 bits per heavy atom. The van der Waals surface area contributed by atoms with E-state index in [-0.39, 0.29) is 29.4 Å². The number of anilines is 4. The van der Waals surface area contributed by atoms with Crippen molar-refractivity contribution in [2.24, 2.45) is 0 Å². The standard InChI is InChI=1S/C16H20N6O4/c1-25-11-6-4-10(5-7-11)19-16-20-14(17)13(22(23)24)15(21-16)18-9-12-3-2-8-26-12/h4-7,12H,2-3,8-9H2,1H3,(H4,17,18,19,20,21)/t12-/m1/s1. The molecular formula is C16H20N6O4. The lowest BCUT2D eigenvalue weighted by molar-refractivity contribution is -0.383. The maximum Gasteiger partial charge on any atom is 0.353 e. The van der Waals surface area contributed by atoms with Gasteiger partial charge >= 0.3 is 5.69 Å². The van der Waals surface area contributed by atoms with Crippen molar-refractivity contribution in [2.75, 3.05) is 36.6 Å². The molecule has 0 bridgehead atoms. The van der Waals surface area contributed by atoms with Crippen molar-refractivity contribution in [3.63, 3.8) is 0 Å². The molecule has 1 aromatic heterocycles. The largest absolute Gasteiger partial charge is 0.497 e. The number of rotatable bonds is 7. The summed E-state index contributed by atoms with van der Waals surface area (Å²) in [6, 6.07) is 7.10. The molecule has 10 heteroatoms. The number of nitrogens with one attached hydrogen (secondary N) is 2. The predicted octanol–water partition coefficient (Wildman–Crippen LogP) is 2.31. The second-order valence-electron chi connectivity index (χ2n) is 5.76. The van der Waals surface area contributed by atoms with Crippen LogP contribution in [0.15, 0.2) is 24.3 Å². The number of aromatic nitrogens is 2. The highest BCUT2D eigenvalue weighted by Gasteiger charge is 2.24. The van der Waals surface area contributed by atoms with Gasteiger partial charge in [-0.1, -0.05) is 0 Å². The first-order chi connectivity index (χ1) is 12.6. The van der Waals surface area contributed by atoms with Gasteiger partial charge in [0.05, 0.1) is 18.1 Å². The van der Waals surface area contributed by atoms with E-state index >= 15 is 0 Å². The summed E-state index contributed by atoms with van der Waals surface area (Å²) in [6.45, 7) is 1.11. The average molecular weight is 360 g/mol. The van der Waals surface area contributed by atoms with Crippen LogP contribution >= 0.6 is 0 Å². The zero-order valence-corrected chi connectivity index (χ0v) is 14.3. The summed E-state index contributed by atoms with van der Waals surface area (Å²) in [5.41, 5.74) is 6.14. The minimum atomic E-state index is -0.593. The van der Waals surface area contributed by atoms with Gasteiger partial charge < -0.3 is 25.8 Å². The van der Waals surface area contributed by atoms with Gasteiger partial charge in [0.1, 0.15) is 5.75 Å². The zero-order valence-electron chi connectivity index (χ0n) is 14.3. The smallest absolute Gasteiger partial charge is 0.353 e. The van der Waals surface area contributed by atoms with E-state index < -0.39 is 4.92 Å². The molecule has 1 fully saturated rings. The quantitative estimate of drug-likeness (QED) is 0.501. The number of hydrogen-bond donors (Lipinski definition) is 3. The van der Waals surface area contributed by atoms with Gasteiger partial charge in [0.25, 0.3) is 0 Å². The SMILES string of the molecule is COc1ccc(Nc2nc(N)c([N+](=O)[O-])c(NC[C@H]3CCCO3)n2)cc1. The Bertz CT molecular complexity index is 777. The predicted molar refractivity (Wildman–Crippen MR) is 96.8 cm³/mol. The molecule has 1 atom stereocenters. The Balaban J connectivity index is 1.81. The fourth-order valence-corrected chi connectivity index (χ4v) is 2.65. The molecule has 26 heavy (non-hydrogen) atoms. The molecule has 0 saturated carbocycles. The van der Waals surface area contributed by atoms with Gasteiger partial charge in [0, 0.05) is 18.8 Å². The maximum atomic E-state index is 11.3. The van der Waals surface area contributed by atoms with Crippen molar-refractivity contribution in [2.45, 2.75) is 18.9 Å². The van der Waals surface area contributed by atoms with Crippen LogP contribution in [0.2, 0.25) is 0 Å². The third kappa shape index (κ3) is 4.09. The highest BCUT2D eigenvalue weighted by atomic mass is 16.6. The molecular weight excluding hydrogens is 340 g/mol. The Morgan fingerprint density at radius 3 is 2.77 bits per heavy atom. The number of nitro groups is 1. The highest BCUT2D eigenvalue weighted by molar-refractivity contribution is 5.71. The van der Waals surface area contributed by atoms with E-state index in [4.69, 9.17) is 15.2 Å². The summed E-state index contributed by atoms with van der Waals surface area (Å²) in [4.78, 5) is 18.9. The van der Waals surface area contributed by atoms with E-state index in [1.54, 1.807) is 31.4 Å². The molecule has 0 unspecified atom stereocenters. The number of nitrogens with zero attached hydrogens (tertiary/aromatic N) is 3. The fourth-order valence-electron chi connectivity index (χ4n) is 2.65. The molecule has 1 aromatic carbocycles. The first-order valence-corrected chi connectivity index (χ1v) is 8.15. The third-order valence-electron chi connectivity index (χ3n) is 3.96. The summed E-state index contributed by atoms with van der Waals surface area (Å²) in [5, 5.41) is 17.3. The van der Waals surface area contributed by atoms with Gasteiger partial charge in [-0.15, -0.1) is 0 Å². The van der Waals surface area contributed by atoms with Crippen molar-refractivity contribution in [3.05, 3.63) is 34.4 Å². The van der Waals surface area contributed by atoms with E-state index in [9.17, 15) is 10.1 Å². The van der Waals surface area contributed by atoms with Crippen molar-refractivity contribution >= 4 is 29.0 Å². The number of nitrogens with two attached hydrogens (primary N) is 1. The lowest BCUT2D eigenvalue weighted by atomic mass is 10.2. The minimum absolute atomic E-state index is 0.00351. The molecule has 2 aromatic rings. The summed E-state index contributed by atoms with van der Waals surface area (Å²) in [5.74, 6) is 0.719. The van der Waals surface area contributed by atoms with Gasteiger partial charge in [-0.05, 0) is 37.1 Å². The molecule has 10 nitrogen and oxygen atoms in total. The average Bonchev–Trinajstić information content (AvgIpc) is 3.13. The monoisotopic (exact) mass is 360 g/mol.